The molecule has 1 aromatic heterocycles. The molecule has 1 unspecified atom stereocenters. The average molecular weight is 291 g/mol. The highest BCUT2D eigenvalue weighted by Crippen LogP contribution is 2.23. The smallest absolute Gasteiger partial charge is 0.165 e. The molecular weight excluding hydrogens is 269 g/mol. The molecular formula is C16H22FN3O. The fraction of sp³-hybridized carbons (Fsp3) is 0.438. The van der Waals surface area contributed by atoms with E-state index < -0.39 is 0 Å². The first kappa shape index (κ1) is 15.5. The average Bonchev–Trinajstić information content (AvgIpc) is 2.76. The predicted octanol–water partition coefficient (Wildman–Crippen LogP) is 3.12. The van der Waals surface area contributed by atoms with Gasteiger partial charge in [-0.15, -0.1) is 0 Å². The van der Waals surface area contributed by atoms with E-state index >= 15 is 0 Å². The van der Waals surface area contributed by atoms with Crippen LogP contribution in [0.5, 0.6) is 5.75 Å². The molecule has 0 spiro atoms. The van der Waals surface area contributed by atoms with E-state index in [1.54, 1.807) is 10.7 Å². The zero-order chi connectivity index (χ0) is 15.4. The maximum absolute atomic E-state index is 14.1. The van der Waals surface area contributed by atoms with E-state index in [-0.39, 0.29) is 17.6 Å². The standard InChI is InChI=1S/C16H22FN3O/c1-5-18-12(3)13-6-7-16(15(17)9-13)21-10-14-8-11(2)19-20(14)4/h6-9,12,18H,5,10H2,1-4H3. The predicted molar refractivity (Wildman–Crippen MR) is 80.8 cm³/mol. The van der Waals surface area contributed by atoms with Crippen LogP contribution < -0.4 is 10.1 Å². The van der Waals surface area contributed by atoms with Gasteiger partial charge in [0.2, 0.25) is 0 Å². The second-order valence-corrected chi connectivity index (χ2v) is 5.16. The second kappa shape index (κ2) is 6.72. The Hall–Kier alpha value is -1.88. The molecule has 1 N–H and O–H groups in total. The summed E-state index contributed by atoms with van der Waals surface area (Å²) in [4.78, 5) is 0. The minimum absolute atomic E-state index is 0.123. The number of aromatic nitrogens is 2. The Morgan fingerprint density at radius 2 is 2.14 bits per heavy atom. The summed E-state index contributed by atoms with van der Waals surface area (Å²) < 4.78 is 21.4. The van der Waals surface area contributed by atoms with Gasteiger partial charge in [0.1, 0.15) is 6.61 Å². The van der Waals surface area contributed by atoms with Crippen molar-refractivity contribution in [2.45, 2.75) is 33.4 Å². The quantitative estimate of drug-likeness (QED) is 0.889. The fourth-order valence-corrected chi connectivity index (χ4v) is 2.28. The van der Waals surface area contributed by atoms with Gasteiger partial charge in [0.15, 0.2) is 11.6 Å². The summed E-state index contributed by atoms with van der Waals surface area (Å²) in [7, 11) is 1.85. The number of aryl methyl sites for hydroxylation is 2. The maximum atomic E-state index is 14.1. The van der Waals surface area contributed by atoms with Crippen LogP contribution in [-0.4, -0.2) is 16.3 Å². The summed E-state index contributed by atoms with van der Waals surface area (Å²) in [6.07, 6.45) is 0. The molecule has 114 valence electrons. The first-order chi connectivity index (χ1) is 10.0. The molecule has 2 rings (SSSR count). The summed E-state index contributed by atoms with van der Waals surface area (Å²) in [6.45, 7) is 7.11. The molecule has 0 amide bonds. The molecule has 1 atom stereocenters. The van der Waals surface area contributed by atoms with Gasteiger partial charge in [-0.25, -0.2) is 4.39 Å². The number of hydrogen-bond acceptors (Lipinski definition) is 3. The van der Waals surface area contributed by atoms with Crippen molar-refractivity contribution < 1.29 is 9.13 Å². The van der Waals surface area contributed by atoms with Crippen molar-refractivity contribution in [2.24, 2.45) is 7.05 Å². The minimum atomic E-state index is -0.337. The number of ether oxygens (including phenoxy) is 1. The van der Waals surface area contributed by atoms with Gasteiger partial charge in [0.25, 0.3) is 0 Å². The Labute approximate surface area is 124 Å². The molecule has 0 aliphatic carbocycles. The van der Waals surface area contributed by atoms with Crippen LogP contribution in [0.4, 0.5) is 4.39 Å². The molecule has 5 heteroatoms. The van der Waals surface area contributed by atoms with E-state index in [2.05, 4.69) is 10.4 Å². The van der Waals surface area contributed by atoms with Crippen LogP contribution in [-0.2, 0) is 13.7 Å². The molecule has 2 aromatic rings. The summed E-state index contributed by atoms with van der Waals surface area (Å²) >= 11 is 0. The van der Waals surface area contributed by atoms with Gasteiger partial charge in [-0.1, -0.05) is 13.0 Å². The van der Waals surface area contributed by atoms with Crippen molar-refractivity contribution in [3.63, 3.8) is 0 Å². The third kappa shape index (κ3) is 3.82. The summed E-state index contributed by atoms with van der Waals surface area (Å²) in [6, 6.07) is 7.15. The first-order valence-electron chi connectivity index (χ1n) is 7.16. The number of halogens is 1. The molecule has 0 saturated heterocycles. The number of nitrogens with one attached hydrogen (secondary N) is 1. The van der Waals surface area contributed by atoms with Crippen LogP contribution >= 0.6 is 0 Å². The zero-order valence-electron chi connectivity index (χ0n) is 13.0. The van der Waals surface area contributed by atoms with E-state index in [1.165, 1.54) is 6.07 Å². The Morgan fingerprint density at radius 3 is 2.71 bits per heavy atom. The van der Waals surface area contributed by atoms with Crippen molar-refractivity contribution in [1.82, 2.24) is 15.1 Å². The number of hydrogen-bond donors (Lipinski definition) is 1. The van der Waals surface area contributed by atoms with Crippen LogP contribution in [0.1, 0.15) is 36.8 Å². The molecule has 0 saturated carbocycles. The van der Waals surface area contributed by atoms with Crippen LogP contribution in [0.15, 0.2) is 24.3 Å². The van der Waals surface area contributed by atoms with Gasteiger partial charge < -0.3 is 10.1 Å². The maximum Gasteiger partial charge on any atom is 0.165 e. The van der Waals surface area contributed by atoms with Crippen LogP contribution in [0.2, 0.25) is 0 Å². The molecule has 0 fully saturated rings. The van der Waals surface area contributed by atoms with Crippen LogP contribution in [0.25, 0.3) is 0 Å². The lowest BCUT2D eigenvalue weighted by Crippen LogP contribution is -2.17. The normalized spacial score (nSPS) is 12.4. The monoisotopic (exact) mass is 291 g/mol. The van der Waals surface area contributed by atoms with E-state index in [1.807, 2.05) is 40.0 Å². The van der Waals surface area contributed by atoms with Gasteiger partial charge in [-0.2, -0.15) is 5.10 Å². The summed E-state index contributed by atoms with van der Waals surface area (Å²) in [5.41, 5.74) is 2.75. The number of rotatable bonds is 6. The fourth-order valence-electron chi connectivity index (χ4n) is 2.28. The van der Waals surface area contributed by atoms with E-state index in [0.29, 0.717) is 6.61 Å². The number of benzene rings is 1. The Kier molecular flexibility index (Phi) is 4.96. The second-order valence-electron chi connectivity index (χ2n) is 5.16. The van der Waals surface area contributed by atoms with Crippen LogP contribution in [0.3, 0.4) is 0 Å². The lowest BCUT2D eigenvalue weighted by molar-refractivity contribution is 0.280. The SMILES string of the molecule is CCNC(C)c1ccc(OCc2cc(C)nn2C)c(F)c1. The lowest BCUT2D eigenvalue weighted by atomic mass is 10.1. The third-order valence-electron chi connectivity index (χ3n) is 3.44. The Bertz CT molecular complexity index is 610. The highest BCUT2D eigenvalue weighted by Gasteiger charge is 2.10. The van der Waals surface area contributed by atoms with E-state index in [0.717, 1.165) is 23.5 Å². The van der Waals surface area contributed by atoms with Crippen molar-refractivity contribution in [3.8, 4) is 5.75 Å². The zero-order valence-corrected chi connectivity index (χ0v) is 13.0. The Balaban J connectivity index is 2.06. The molecule has 4 nitrogen and oxygen atoms in total. The van der Waals surface area contributed by atoms with Gasteiger partial charge in [0, 0.05) is 13.1 Å². The van der Waals surface area contributed by atoms with Crippen molar-refractivity contribution in [1.29, 1.82) is 0 Å². The van der Waals surface area contributed by atoms with Crippen molar-refractivity contribution in [2.75, 3.05) is 6.54 Å². The van der Waals surface area contributed by atoms with Gasteiger partial charge in [0.05, 0.1) is 11.4 Å². The molecule has 21 heavy (non-hydrogen) atoms. The molecule has 0 aliphatic rings. The summed E-state index contributed by atoms with van der Waals surface area (Å²) in [5, 5.41) is 7.50. The third-order valence-corrected chi connectivity index (χ3v) is 3.44. The van der Waals surface area contributed by atoms with E-state index in [4.69, 9.17) is 4.74 Å². The molecule has 1 aromatic carbocycles. The van der Waals surface area contributed by atoms with Crippen molar-refractivity contribution in [3.05, 3.63) is 47.0 Å². The molecule has 0 aliphatic heterocycles. The highest BCUT2D eigenvalue weighted by molar-refractivity contribution is 5.31. The van der Waals surface area contributed by atoms with Gasteiger partial charge in [-0.3, -0.25) is 4.68 Å². The number of nitrogens with zero attached hydrogens (tertiary/aromatic N) is 2. The molecule has 0 bridgehead atoms. The summed E-state index contributed by atoms with van der Waals surface area (Å²) in [5.74, 6) is -0.0718. The Morgan fingerprint density at radius 1 is 1.38 bits per heavy atom. The highest BCUT2D eigenvalue weighted by atomic mass is 19.1. The van der Waals surface area contributed by atoms with Crippen LogP contribution in [0, 0.1) is 12.7 Å². The molecule has 0 radical (unpaired) electrons. The van der Waals surface area contributed by atoms with Gasteiger partial charge in [-0.05, 0) is 44.2 Å². The molecule has 1 heterocycles. The minimum Gasteiger partial charge on any atom is -0.484 e. The van der Waals surface area contributed by atoms with Crippen molar-refractivity contribution >= 4 is 0 Å². The van der Waals surface area contributed by atoms with Gasteiger partial charge >= 0.3 is 0 Å². The first-order valence-corrected chi connectivity index (χ1v) is 7.16. The lowest BCUT2D eigenvalue weighted by Gasteiger charge is -2.14. The largest absolute Gasteiger partial charge is 0.484 e. The van der Waals surface area contributed by atoms with E-state index in [9.17, 15) is 4.39 Å². The topological polar surface area (TPSA) is 39.1 Å².